The number of rotatable bonds is 70. The van der Waals surface area contributed by atoms with Crippen LogP contribution >= 0.6 is 15.6 Å². The molecule has 0 aromatic carbocycles. The van der Waals surface area contributed by atoms with Gasteiger partial charge in [0, 0.05) is 25.7 Å². The molecule has 93 heavy (non-hydrogen) atoms. The Labute approximate surface area is 567 Å². The highest BCUT2D eigenvalue weighted by Crippen LogP contribution is 2.45. The minimum Gasteiger partial charge on any atom is -0.462 e. The van der Waals surface area contributed by atoms with Crippen LogP contribution in [-0.4, -0.2) is 96.7 Å². The van der Waals surface area contributed by atoms with Gasteiger partial charge in [0.15, 0.2) is 12.2 Å². The molecule has 0 heterocycles. The number of hydrogen-bond donors (Lipinski definition) is 3. The van der Waals surface area contributed by atoms with E-state index in [1.807, 2.05) is 0 Å². The van der Waals surface area contributed by atoms with Crippen molar-refractivity contribution in [2.75, 3.05) is 39.6 Å². The summed E-state index contributed by atoms with van der Waals surface area (Å²) in [4.78, 5) is 72.7. The van der Waals surface area contributed by atoms with Crippen molar-refractivity contribution in [2.24, 2.45) is 17.8 Å². The molecule has 0 radical (unpaired) electrons. The summed E-state index contributed by atoms with van der Waals surface area (Å²) in [5, 5.41) is 10.6. The minimum atomic E-state index is -4.96. The topological polar surface area (TPSA) is 237 Å². The molecule has 0 aliphatic carbocycles. The Balaban J connectivity index is 5.28. The summed E-state index contributed by atoms with van der Waals surface area (Å²) in [6.07, 6.45) is 52.3. The highest BCUT2D eigenvalue weighted by Gasteiger charge is 2.30. The monoisotopic (exact) mass is 1360 g/mol. The van der Waals surface area contributed by atoms with Crippen molar-refractivity contribution in [3.63, 3.8) is 0 Å². The van der Waals surface area contributed by atoms with Crippen LogP contribution in [0.3, 0.4) is 0 Å². The lowest BCUT2D eigenvalue weighted by molar-refractivity contribution is -0.161. The fourth-order valence-corrected chi connectivity index (χ4v) is 12.3. The van der Waals surface area contributed by atoms with Gasteiger partial charge in [0.2, 0.25) is 0 Å². The number of phosphoric ester groups is 2. The van der Waals surface area contributed by atoms with Crippen LogP contribution < -0.4 is 0 Å². The second-order valence-corrected chi connectivity index (χ2v) is 30.3. The Morgan fingerprint density at radius 1 is 0.333 bits per heavy atom. The Morgan fingerprint density at radius 3 is 0.871 bits per heavy atom. The Morgan fingerprint density at radius 2 is 0.581 bits per heavy atom. The SMILES string of the molecule is CCCCCC/C=C\C=C/CCCCCCCC(=O)OC[C@H](COP(=O)(O)OC[C@@H](O)COP(=O)(O)OC[C@@H](COC(=O)CCCCCCCCC(C)C)OC(=O)CCCCCCCCCCCCC(C)C)OC(=O)CCCCCCCCCCCCCCCC(C)C. The molecule has 0 bridgehead atoms. The van der Waals surface area contributed by atoms with E-state index in [1.165, 1.54) is 135 Å². The summed E-state index contributed by atoms with van der Waals surface area (Å²) < 4.78 is 68.4. The van der Waals surface area contributed by atoms with Crippen molar-refractivity contribution in [2.45, 2.75) is 369 Å². The molecule has 0 saturated heterocycles. The molecule has 19 heteroatoms. The summed E-state index contributed by atoms with van der Waals surface area (Å²) in [5.41, 5.74) is 0. The summed E-state index contributed by atoms with van der Waals surface area (Å²) in [6.45, 7) is 11.7. The van der Waals surface area contributed by atoms with Crippen LogP contribution in [-0.2, 0) is 65.4 Å². The summed E-state index contributed by atoms with van der Waals surface area (Å²) in [6, 6.07) is 0. The average molecular weight is 1360 g/mol. The van der Waals surface area contributed by atoms with Gasteiger partial charge in [-0.1, -0.05) is 297 Å². The number of allylic oxidation sites excluding steroid dienone is 4. The van der Waals surface area contributed by atoms with Crippen molar-refractivity contribution in [3.05, 3.63) is 24.3 Å². The zero-order valence-electron chi connectivity index (χ0n) is 60.2. The normalized spacial score (nSPS) is 14.3. The third-order valence-electron chi connectivity index (χ3n) is 16.5. The predicted octanol–water partition coefficient (Wildman–Crippen LogP) is 21.0. The van der Waals surface area contributed by atoms with Crippen LogP contribution in [0.15, 0.2) is 24.3 Å². The van der Waals surface area contributed by atoms with Crippen molar-refractivity contribution >= 4 is 39.5 Å². The Hall–Kier alpha value is -2.46. The minimum absolute atomic E-state index is 0.0998. The van der Waals surface area contributed by atoms with E-state index in [0.717, 1.165) is 127 Å². The van der Waals surface area contributed by atoms with Gasteiger partial charge in [-0.3, -0.25) is 37.3 Å². The van der Waals surface area contributed by atoms with E-state index in [1.54, 1.807) is 0 Å². The first-order chi connectivity index (χ1) is 44.7. The van der Waals surface area contributed by atoms with Gasteiger partial charge in [0.05, 0.1) is 26.4 Å². The molecule has 0 aliphatic heterocycles. The molecule has 0 spiro atoms. The third kappa shape index (κ3) is 67.9. The molecule has 0 rings (SSSR count). The number of carbonyl (C=O) groups is 4. The molecule has 548 valence electrons. The first-order valence-electron chi connectivity index (χ1n) is 37.7. The van der Waals surface area contributed by atoms with Gasteiger partial charge < -0.3 is 33.8 Å². The zero-order valence-corrected chi connectivity index (χ0v) is 62.0. The number of hydrogen-bond acceptors (Lipinski definition) is 15. The number of carbonyl (C=O) groups excluding carboxylic acids is 4. The van der Waals surface area contributed by atoms with Crippen LogP contribution in [0.4, 0.5) is 0 Å². The molecule has 0 aromatic rings. The smallest absolute Gasteiger partial charge is 0.462 e. The number of esters is 4. The summed E-state index contributed by atoms with van der Waals surface area (Å²) in [7, 11) is -9.92. The number of ether oxygens (including phenoxy) is 4. The molecular weight excluding hydrogens is 1220 g/mol. The number of unbranched alkanes of at least 4 members (excludes halogenated alkanes) is 35. The Bertz CT molecular complexity index is 1910. The van der Waals surface area contributed by atoms with E-state index in [0.29, 0.717) is 31.6 Å². The van der Waals surface area contributed by atoms with Gasteiger partial charge in [-0.05, 0) is 69.1 Å². The maximum Gasteiger partial charge on any atom is 0.472 e. The lowest BCUT2D eigenvalue weighted by Gasteiger charge is -2.21. The fraction of sp³-hybridized carbons (Fsp3) is 0.892. The van der Waals surface area contributed by atoms with E-state index < -0.39 is 97.5 Å². The summed E-state index contributed by atoms with van der Waals surface area (Å²) >= 11 is 0. The maximum atomic E-state index is 13.1. The molecule has 2 unspecified atom stereocenters. The molecule has 0 fully saturated rings. The molecule has 5 atom stereocenters. The lowest BCUT2D eigenvalue weighted by atomic mass is 10.0. The van der Waals surface area contributed by atoms with Crippen LogP contribution in [0.1, 0.15) is 350 Å². The average Bonchev–Trinajstić information content (AvgIpc) is 3.73. The third-order valence-corrected chi connectivity index (χ3v) is 18.4. The van der Waals surface area contributed by atoms with Gasteiger partial charge in [-0.15, -0.1) is 0 Å². The standard InChI is InChI=1S/C74H140O17P2/c1-8-9-10-11-12-13-14-15-16-19-22-28-33-41-48-55-71(76)84-61-69(90-73(78)57-50-43-34-29-23-20-17-18-21-26-31-38-45-52-65(2)3)63-88-92(80,81)86-59-68(75)60-87-93(82,83)89-64-70(62-85-72(77)56-49-42-37-36-40-47-54-67(6)7)91-74(79)58-51-44-35-30-25-24-27-32-39-46-53-66(4)5/h13-16,65-70,75H,8-12,17-64H2,1-7H3,(H,80,81)(H,82,83)/b14-13-,16-15-/t68-,69-,70-/m1/s1. The van der Waals surface area contributed by atoms with Gasteiger partial charge in [0.25, 0.3) is 0 Å². The van der Waals surface area contributed by atoms with Crippen molar-refractivity contribution < 1.29 is 80.2 Å². The van der Waals surface area contributed by atoms with E-state index in [2.05, 4.69) is 72.8 Å². The van der Waals surface area contributed by atoms with Crippen LogP contribution in [0.25, 0.3) is 0 Å². The molecular formula is C74H140O17P2. The number of aliphatic hydroxyl groups excluding tert-OH is 1. The van der Waals surface area contributed by atoms with Gasteiger partial charge >= 0.3 is 39.5 Å². The van der Waals surface area contributed by atoms with Crippen molar-refractivity contribution in [1.29, 1.82) is 0 Å². The molecule has 17 nitrogen and oxygen atoms in total. The second-order valence-electron chi connectivity index (χ2n) is 27.4. The van der Waals surface area contributed by atoms with Crippen molar-refractivity contribution in [1.82, 2.24) is 0 Å². The number of aliphatic hydroxyl groups is 1. The number of phosphoric acid groups is 2. The first-order valence-corrected chi connectivity index (χ1v) is 40.7. The maximum absolute atomic E-state index is 13.1. The van der Waals surface area contributed by atoms with Gasteiger partial charge in [-0.25, -0.2) is 9.13 Å². The van der Waals surface area contributed by atoms with E-state index in [4.69, 9.17) is 37.0 Å². The van der Waals surface area contributed by atoms with E-state index in [9.17, 15) is 43.2 Å². The second kappa shape index (κ2) is 64.2. The molecule has 0 aromatic heterocycles. The molecule has 0 saturated carbocycles. The zero-order chi connectivity index (χ0) is 68.7. The Kier molecular flexibility index (Phi) is 62.5. The molecule has 3 N–H and O–H groups in total. The van der Waals surface area contributed by atoms with Gasteiger partial charge in [-0.2, -0.15) is 0 Å². The van der Waals surface area contributed by atoms with Crippen LogP contribution in [0, 0.1) is 17.8 Å². The predicted molar refractivity (Wildman–Crippen MR) is 377 cm³/mol. The molecule has 0 amide bonds. The van der Waals surface area contributed by atoms with Crippen LogP contribution in [0.2, 0.25) is 0 Å². The van der Waals surface area contributed by atoms with Gasteiger partial charge in [0.1, 0.15) is 19.3 Å². The highest BCUT2D eigenvalue weighted by molar-refractivity contribution is 7.47. The lowest BCUT2D eigenvalue weighted by Crippen LogP contribution is -2.30. The highest BCUT2D eigenvalue weighted by atomic mass is 31.2. The first kappa shape index (κ1) is 90.5. The summed E-state index contributed by atoms with van der Waals surface area (Å²) in [5.74, 6) is 0.0593. The quantitative estimate of drug-likeness (QED) is 0.0169. The molecule has 0 aliphatic rings. The largest absolute Gasteiger partial charge is 0.472 e. The van der Waals surface area contributed by atoms with E-state index >= 15 is 0 Å². The van der Waals surface area contributed by atoms with E-state index in [-0.39, 0.29) is 25.7 Å². The fourth-order valence-electron chi connectivity index (χ4n) is 10.7. The van der Waals surface area contributed by atoms with Crippen molar-refractivity contribution in [3.8, 4) is 0 Å². The van der Waals surface area contributed by atoms with Crippen LogP contribution in [0.5, 0.6) is 0 Å².